The van der Waals surface area contributed by atoms with Gasteiger partial charge in [-0.15, -0.1) is 0 Å². The number of anilines is 1. The van der Waals surface area contributed by atoms with Crippen LogP contribution in [0.1, 0.15) is 61.8 Å². The molecular formula is C30H36N4O2. The van der Waals surface area contributed by atoms with Crippen molar-refractivity contribution in [3.8, 4) is 0 Å². The molecule has 0 radical (unpaired) electrons. The van der Waals surface area contributed by atoms with Crippen LogP contribution >= 0.6 is 0 Å². The van der Waals surface area contributed by atoms with Crippen LogP contribution in [0, 0.1) is 0 Å². The number of aromatic nitrogens is 2. The second kappa shape index (κ2) is 10.6. The lowest BCUT2D eigenvalue weighted by atomic mass is 9.95. The molecule has 0 atom stereocenters. The van der Waals surface area contributed by atoms with Crippen molar-refractivity contribution in [2.45, 2.75) is 51.5 Å². The van der Waals surface area contributed by atoms with Crippen molar-refractivity contribution >= 4 is 33.4 Å². The van der Waals surface area contributed by atoms with Crippen molar-refractivity contribution in [2.24, 2.45) is 7.05 Å². The Hall–Kier alpha value is -3.54. The van der Waals surface area contributed by atoms with Gasteiger partial charge in [-0.3, -0.25) is 9.59 Å². The molecule has 36 heavy (non-hydrogen) atoms. The molecule has 0 spiro atoms. The maximum Gasteiger partial charge on any atom is 0.275 e. The molecule has 1 aliphatic rings. The first-order valence-electron chi connectivity index (χ1n) is 13.3. The van der Waals surface area contributed by atoms with Gasteiger partial charge in [0.15, 0.2) is 0 Å². The van der Waals surface area contributed by atoms with Crippen molar-refractivity contribution in [3.63, 3.8) is 0 Å². The number of hydrogen-bond acceptors (Lipinski definition) is 3. The molecular weight excluding hydrogens is 448 g/mol. The number of nitrogens with one attached hydrogen (secondary N) is 1. The van der Waals surface area contributed by atoms with Crippen LogP contribution in [0.25, 0.3) is 21.8 Å². The van der Waals surface area contributed by atoms with Crippen LogP contribution in [0.2, 0.25) is 0 Å². The number of nitrogens with zero attached hydrogens (tertiary/aromatic N) is 3. The van der Waals surface area contributed by atoms with Crippen molar-refractivity contribution in [3.05, 3.63) is 76.7 Å². The van der Waals surface area contributed by atoms with Gasteiger partial charge in [-0.05, 0) is 44.4 Å². The fraction of sp³-hybridized carbons (Fsp3) is 0.400. The first kappa shape index (κ1) is 24.2. The lowest BCUT2D eigenvalue weighted by Gasteiger charge is -2.25. The van der Waals surface area contributed by atoms with Crippen LogP contribution in [-0.2, 0) is 7.05 Å². The number of carbonyl (C=O) groups excluding carboxylic acids is 1. The maximum absolute atomic E-state index is 13.7. The fourth-order valence-electron chi connectivity index (χ4n) is 5.78. The van der Waals surface area contributed by atoms with E-state index < -0.39 is 0 Å². The van der Waals surface area contributed by atoms with Gasteiger partial charge in [-0.25, -0.2) is 0 Å². The van der Waals surface area contributed by atoms with Crippen LogP contribution in [0.15, 0.2) is 65.6 Å². The van der Waals surface area contributed by atoms with Crippen LogP contribution in [0.4, 0.5) is 5.69 Å². The van der Waals surface area contributed by atoms with E-state index in [0.717, 1.165) is 61.5 Å². The minimum atomic E-state index is -0.108. The predicted molar refractivity (Wildman–Crippen MR) is 148 cm³/mol. The number of para-hydroxylation sites is 2. The van der Waals surface area contributed by atoms with E-state index in [9.17, 15) is 9.59 Å². The average Bonchev–Trinajstić information content (AvgIpc) is 3.23. The molecule has 0 saturated heterocycles. The Balaban J connectivity index is 1.44. The first-order chi connectivity index (χ1) is 17.6. The molecule has 1 amide bonds. The quantitative estimate of drug-likeness (QED) is 0.329. The van der Waals surface area contributed by atoms with Crippen LogP contribution in [0.3, 0.4) is 0 Å². The van der Waals surface area contributed by atoms with E-state index in [-0.39, 0.29) is 17.5 Å². The minimum Gasteiger partial charge on any atom is -0.372 e. The number of hydrogen-bond donors (Lipinski definition) is 1. The van der Waals surface area contributed by atoms with E-state index in [4.69, 9.17) is 0 Å². The topological polar surface area (TPSA) is 59.3 Å². The van der Waals surface area contributed by atoms with Crippen LogP contribution in [-0.4, -0.2) is 34.7 Å². The van der Waals surface area contributed by atoms with Gasteiger partial charge in [0.2, 0.25) is 0 Å². The van der Waals surface area contributed by atoms with Gasteiger partial charge in [0.1, 0.15) is 5.52 Å². The number of amides is 1. The van der Waals surface area contributed by atoms with Gasteiger partial charge < -0.3 is 19.4 Å². The maximum atomic E-state index is 13.7. The molecule has 4 aromatic rings. The predicted octanol–water partition coefficient (Wildman–Crippen LogP) is 5.64. The number of fused-ring (bicyclic) bond motifs is 3. The molecule has 2 aromatic heterocycles. The Morgan fingerprint density at radius 1 is 1.03 bits per heavy atom. The van der Waals surface area contributed by atoms with Crippen molar-refractivity contribution in [1.29, 1.82) is 0 Å². The normalized spacial score (nSPS) is 14.4. The van der Waals surface area contributed by atoms with Gasteiger partial charge in [0.05, 0.1) is 5.56 Å². The summed E-state index contributed by atoms with van der Waals surface area (Å²) in [5, 5.41) is 4.87. The summed E-state index contributed by atoms with van der Waals surface area (Å²) in [5.41, 5.74) is 3.40. The molecule has 2 aromatic carbocycles. The highest BCUT2D eigenvalue weighted by molar-refractivity contribution is 6.17. The highest BCUT2D eigenvalue weighted by atomic mass is 16.2. The first-order valence-corrected chi connectivity index (χ1v) is 13.3. The summed E-state index contributed by atoms with van der Waals surface area (Å²) in [6.45, 7) is 4.52. The van der Waals surface area contributed by atoms with Gasteiger partial charge in [-0.2, -0.15) is 0 Å². The number of benzene rings is 2. The molecule has 1 fully saturated rings. The zero-order chi connectivity index (χ0) is 25.1. The van der Waals surface area contributed by atoms with Crippen LogP contribution in [0.5, 0.6) is 0 Å². The Morgan fingerprint density at radius 3 is 2.50 bits per heavy atom. The number of rotatable bonds is 8. The molecule has 5 rings (SSSR count). The molecule has 1 saturated carbocycles. The lowest BCUT2D eigenvalue weighted by Crippen LogP contribution is -2.32. The zero-order valence-electron chi connectivity index (χ0n) is 21.4. The Bertz CT molecular complexity index is 1410. The average molecular weight is 485 g/mol. The summed E-state index contributed by atoms with van der Waals surface area (Å²) in [5.74, 6) is -0.108. The molecule has 1 aliphatic carbocycles. The van der Waals surface area contributed by atoms with Gasteiger partial charge in [-0.1, -0.05) is 55.7 Å². The van der Waals surface area contributed by atoms with Crippen molar-refractivity contribution < 1.29 is 4.79 Å². The van der Waals surface area contributed by atoms with Crippen molar-refractivity contribution in [2.75, 3.05) is 24.5 Å². The third-order valence-electron chi connectivity index (χ3n) is 7.69. The Morgan fingerprint density at radius 2 is 1.75 bits per heavy atom. The zero-order valence-corrected chi connectivity index (χ0v) is 21.4. The summed E-state index contributed by atoms with van der Waals surface area (Å²) in [7, 11) is 1.93. The Labute approximate surface area is 212 Å². The lowest BCUT2D eigenvalue weighted by molar-refractivity contribution is 0.0954. The summed E-state index contributed by atoms with van der Waals surface area (Å²) in [6, 6.07) is 18.5. The molecule has 0 unspecified atom stereocenters. The van der Waals surface area contributed by atoms with E-state index in [1.54, 1.807) is 0 Å². The van der Waals surface area contributed by atoms with E-state index in [0.29, 0.717) is 17.6 Å². The van der Waals surface area contributed by atoms with Gasteiger partial charge in [0, 0.05) is 60.9 Å². The second-order valence-electron chi connectivity index (χ2n) is 9.87. The summed E-state index contributed by atoms with van der Waals surface area (Å²) >= 11 is 0. The third kappa shape index (κ3) is 4.52. The van der Waals surface area contributed by atoms with Gasteiger partial charge >= 0.3 is 0 Å². The number of carbonyl (C=O) groups is 1. The summed E-state index contributed by atoms with van der Waals surface area (Å²) in [4.78, 5) is 29.6. The highest BCUT2D eigenvalue weighted by Gasteiger charge is 2.24. The van der Waals surface area contributed by atoms with E-state index in [1.807, 2.05) is 52.7 Å². The second-order valence-corrected chi connectivity index (χ2v) is 9.87. The molecule has 0 bridgehead atoms. The van der Waals surface area contributed by atoms with Crippen molar-refractivity contribution in [1.82, 2.24) is 14.5 Å². The van der Waals surface area contributed by atoms with E-state index in [2.05, 4.69) is 41.4 Å². The summed E-state index contributed by atoms with van der Waals surface area (Å²) in [6.07, 6.45) is 8.13. The van der Waals surface area contributed by atoms with E-state index in [1.165, 1.54) is 12.1 Å². The number of pyridine rings is 1. The molecule has 188 valence electrons. The van der Waals surface area contributed by atoms with E-state index >= 15 is 0 Å². The molecule has 2 heterocycles. The Kier molecular flexibility index (Phi) is 7.12. The van der Waals surface area contributed by atoms with Crippen LogP contribution < -0.4 is 15.8 Å². The highest BCUT2D eigenvalue weighted by Crippen LogP contribution is 2.32. The SMILES string of the molecule is CCN(CCCNC(=O)c1cn(C2CCCCC2)c(=O)c2c1c1ccccc1n2C)c1ccccc1. The molecule has 6 heteroatoms. The fourth-order valence-corrected chi connectivity index (χ4v) is 5.78. The van der Waals surface area contributed by atoms with Gasteiger partial charge in [0.25, 0.3) is 11.5 Å². The smallest absolute Gasteiger partial charge is 0.275 e. The summed E-state index contributed by atoms with van der Waals surface area (Å²) < 4.78 is 3.81. The molecule has 1 N–H and O–H groups in total. The minimum absolute atomic E-state index is 0.00796. The monoisotopic (exact) mass is 484 g/mol. The molecule has 6 nitrogen and oxygen atoms in total. The third-order valence-corrected chi connectivity index (χ3v) is 7.69. The molecule has 0 aliphatic heterocycles. The largest absolute Gasteiger partial charge is 0.372 e. The number of aryl methyl sites for hydroxylation is 1. The standard InChI is InChI=1S/C30H36N4O2/c1-3-33(22-13-6-4-7-14-22)20-12-19-31-29(35)25-21-34(23-15-8-5-9-16-23)30(36)28-27(25)24-17-10-11-18-26(24)32(28)2/h4,6-7,10-11,13-14,17-18,21,23H,3,5,8-9,12,15-16,19-20H2,1-2H3,(H,31,35).